The Bertz CT molecular complexity index is 439. The Hall–Kier alpha value is -1.02. The minimum absolute atomic E-state index is 0.137. The van der Waals surface area contributed by atoms with Crippen LogP contribution >= 0.6 is 0 Å². The highest BCUT2D eigenvalue weighted by Crippen LogP contribution is 2.40. The Morgan fingerprint density at radius 1 is 1.37 bits per heavy atom. The van der Waals surface area contributed by atoms with Crippen molar-refractivity contribution in [1.82, 2.24) is 5.32 Å². The van der Waals surface area contributed by atoms with Crippen molar-refractivity contribution in [3.63, 3.8) is 0 Å². The highest BCUT2D eigenvalue weighted by molar-refractivity contribution is 5.46. The summed E-state index contributed by atoms with van der Waals surface area (Å²) in [5.41, 5.74) is 2.88. The molecule has 1 aliphatic rings. The summed E-state index contributed by atoms with van der Waals surface area (Å²) in [5, 5.41) is 3.48. The van der Waals surface area contributed by atoms with E-state index in [0.29, 0.717) is 12.0 Å². The van der Waals surface area contributed by atoms with Gasteiger partial charge in [0.25, 0.3) is 0 Å². The number of benzene rings is 1. The molecule has 0 bridgehead atoms. The maximum atomic E-state index is 5.77. The van der Waals surface area contributed by atoms with Crippen LogP contribution in [0.2, 0.25) is 0 Å². The van der Waals surface area contributed by atoms with Crippen LogP contribution in [0, 0.1) is 5.92 Å². The maximum Gasteiger partial charge on any atom is 0.123 e. The molecule has 19 heavy (non-hydrogen) atoms. The van der Waals surface area contributed by atoms with Crippen LogP contribution in [0.4, 0.5) is 0 Å². The molecule has 0 amide bonds. The van der Waals surface area contributed by atoms with E-state index in [2.05, 4.69) is 58.3 Å². The van der Waals surface area contributed by atoms with Crippen LogP contribution < -0.4 is 10.1 Å². The van der Waals surface area contributed by atoms with Gasteiger partial charge in [-0.15, -0.1) is 0 Å². The summed E-state index contributed by atoms with van der Waals surface area (Å²) in [5.74, 6) is 1.71. The van der Waals surface area contributed by atoms with Gasteiger partial charge in [-0.2, -0.15) is 0 Å². The van der Waals surface area contributed by atoms with Crippen LogP contribution in [0.3, 0.4) is 0 Å². The van der Waals surface area contributed by atoms with E-state index in [4.69, 9.17) is 4.74 Å². The van der Waals surface area contributed by atoms with Crippen molar-refractivity contribution in [2.75, 3.05) is 13.7 Å². The van der Waals surface area contributed by atoms with Gasteiger partial charge in [0.15, 0.2) is 0 Å². The number of hydrogen-bond acceptors (Lipinski definition) is 2. The highest BCUT2D eigenvalue weighted by Gasteiger charge is 2.32. The fourth-order valence-electron chi connectivity index (χ4n) is 3.13. The van der Waals surface area contributed by atoms with Crippen molar-refractivity contribution in [3.05, 3.63) is 29.3 Å². The second-order valence-corrected chi connectivity index (χ2v) is 6.46. The van der Waals surface area contributed by atoms with E-state index >= 15 is 0 Å². The van der Waals surface area contributed by atoms with Gasteiger partial charge in [0.1, 0.15) is 5.75 Å². The monoisotopic (exact) mass is 261 g/mol. The third-order valence-corrected chi connectivity index (χ3v) is 4.30. The largest absolute Gasteiger partial charge is 0.492 e. The molecule has 0 saturated heterocycles. The minimum atomic E-state index is 0.137. The van der Waals surface area contributed by atoms with E-state index in [1.165, 1.54) is 24.0 Å². The summed E-state index contributed by atoms with van der Waals surface area (Å²) in [6.07, 6.45) is 2.49. The average molecular weight is 261 g/mol. The fraction of sp³-hybridized carbons (Fsp3) is 0.647. The third kappa shape index (κ3) is 2.79. The lowest BCUT2D eigenvalue weighted by Gasteiger charge is -2.25. The molecule has 2 unspecified atom stereocenters. The standard InChI is InChI=1S/C17H27NO/c1-6-7-12(2)16(18-5)13-8-9-15-14(10-13)17(3,4)11-19-15/h8-10,12,16,18H,6-7,11H2,1-5H3. The van der Waals surface area contributed by atoms with Gasteiger partial charge in [-0.05, 0) is 37.1 Å². The number of hydrogen-bond donors (Lipinski definition) is 1. The molecule has 1 aromatic carbocycles. The topological polar surface area (TPSA) is 21.3 Å². The molecule has 2 heteroatoms. The second kappa shape index (κ2) is 5.54. The molecule has 1 heterocycles. The molecule has 0 spiro atoms. The van der Waals surface area contributed by atoms with Crippen LogP contribution in [0.5, 0.6) is 5.75 Å². The quantitative estimate of drug-likeness (QED) is 0.863. The fourth-order valence-corrected chi connectivity index (χ4v) is 3.13. The van der Waals surface area contributed by atoms with Crippen LogP contribution in [0.25, 0.3) is 0 Å². The van der Waals surface area contributed by atoms with Crippen molar-refractivity contribution in [2.45, 2.75) is 52.0 Å². The normalized spacial score (nSPS) is 19.6. The van der Waals surface area contributed by atoms with Gasteiger partial charge in [0.05, 0.1) is 6.61 Å². The van der Waals surface area contributed by atoms with Crippen LogP contribution in [0.1, 0.15) is 57.7 Å². The van der Waals surface area contributed by atoms with Crippen molar-refractivity contribution in [2.24, 2.45) is 5.92 Å². The lowest BCUT2D eigenvalue weighted by Crippen LogP contribution is -2.24. The van der Waals surface area contributed by atoms with Crippen molar-refractivity contribution in [3.8, 4) is 5.75 Å². The van der Waals surface area contributed by atoms with E-state index in [0.717, 1.165) is 12.4 Å². The van der Waals surface area contributed by atoms with E-state index in [9.17, 15) is 0 Å². The van der Waals surface area contributed by atoms with Crippen molar-refractivity contribution >= 4 is 0 Å². The Labute approximate surface area is 117 Å². The summed E-state index contributed by atoms with van der Waals surface area (Å²) in [6.45, 7) is 9.89. The zero-order chi connectivity index (χ0) is 14.0. The van der Waals surface area contributed by atoms with E-state index in [-0.39, 0.29) is 5.41 Å². The van der Waals surface area contributed by atoms with E-state index in [1.54, 1.807) is 0 Å². The SMILES string of the molecule is CCCC(C)C(NC)c1ccc2c(c1)C(C)(C)CO2. The average Bonchev–Trinajstić information content (AvgIpc) is 2.67. The Balaban J connectivity index is 2.30. The molecule has 1 aromatic rings. The first-order valence-electron chi connectivity index (χ1n) is 7.44. The van der Waals surface area contributed by atoms with Gasteiger partial charge < -0.3 is 10.1 Å². The number of fused-ring (bicyclic) bond motifs is 1. The minimum Gasteiger partial charge on any atom is -0.492 e. The zero-order valence-electron chi connectivity index (χ0n) is 12.9. The Kier molecular flexibility index (Phi) is 4.19. The smallest absolute Gasteiger partial charge is 0.123 e. The molecule has 2 nitrogen and oxygen atoms in total. The van der Waals surface area contributed by atoms with E-state index in [1.807, 2.05) is 0 Å². The summed E-state index contributed by atoms with van der Waals surface area (Å²) >= 11 is 0. The lowest BCUT2D eigenvalue weighted by molar-refractivity contribution is 0.291. The highest BCUT2D eigenvalue weighted by atomic mass is 16.5. The Morgan fingerprint density at radius 2 is 2.11 bits per heavy atom. The summed E-state index contributed by atoms with van der Waals surface area (Å²) in [6, 6.07) is 7.13. The van der Waals surface area contributed by atoms with Gasteiger partial charge in [0, 0.05) is 17.0 Å². The van der Waals surface area contributed by atoms with Crippen LogP contribution in [-0.2, 0) is 5.41 Å². The lowest BCUT2D eigenvalue weighted by atomic mass is 9.83. The predicted molar refractivity (Wildman–Crippen MR) is 80.8 cm³/mol. The molecule has 0 aromatic heterocycles. The maximum absolute atomic E-state index is 5.77. The predicted octanol–water partition coefficient (Wildman–Crippen LogP) is 4.05. The van der Waals surface area contributed by atoms with Crippen molar-refractivity contribution in [1.29, 1.82) is 0 Å². The van der Waals surface area contributed by atoms with Gasteiger partial charge in [-0.1, -0.05) is 40.2 Å². The molecule has 1 N–H and O–H groups in total. The van der Waals surface area contributed by atoms with Gasteiger partial charge >= 0.3 is 0 Å². The molecule has 0 fully saturated rings. The summed E-state index contributed by atoms with van der Waals surface area (Å²) in [7, 11) is 2.06. The third-order valence-electron chi connectivity index (χ3n) is 4.30. The molecular weight excluding hydrogens is 234 g/mol. The van der Waals surface area contributed by atoms with Gasteiger partial charge in [-0.25, -0.2) is 0 Å². The number of ether oxygens (including phenoxy) is 1. The van der Waals surface area contributed by atoms with Gasteiger partial charge in [0.2, 0.25) is 0 Å². The van der Waals surface area contributed by atoms with E-state index < -0.39 is 0 Å². The molecule has 2 atom stereocenters. The molecule has 0 saturated carbocycles. The molecular formula is C17H27NO. The summed E-state index contributed by atoms with van der Waals surface area (Å²) < 4.78 is 5.77. The Morgan fingerprint density at radius 3 is 2.74 bits per heavy atom. The van der Waals surface area contributed by atoms with Gasteiger partial charge in [-0.3, -0.25) is 0 Å². The number of nitrogens with one attached hydrogen (secondary N) is 1. The van der Waals surface area contributed by atoms with Crippen molar-refractivity contribution < 1.29 is 4.74 Å². The second-order valence-electron chi connectivity index (χ2n) is 6.46. The van der Waals surface area contributed by atoms with Crippen LogP contribution in [0.15, 0.2) is 18.2 Å². The number of rotatable bonds is 5. The summed E-state index contributed by atoms with van der Waals surface area (Å²) in [4.78, 5) is 0. The molecule has 1 aliphatic heterocycles. The molecule has 0 aliphatic carbocycles. The first-order chi connectivity index (χ1) is 8.99. The van der Waals surface area contributed by atoms with Crippen LogP contribution in [-0.4, -0.2) is 13.7 Å². The first kappa shape index (κ1) is 14.4. The molecule has 0 radical (unpaired) electrons. The first-order valence-corrected chi connectivity index (χ1v) is 7.44. The molecule has 106 valence electrons. The zero-order valence-corrected chi connectivity index (χ0v) is 12.9. The molecule has 2 rings (SSSR count).